The standard InChI is InChI=1S/C12H19N3O2/c1-14(2)6-7-15(3)12(17)9-4-5-10(13)11(16)8-9/h4-5,8,16H,6-7,13H2,1-3H3. The number of phenols is 1. The van der Waals surface area contributed by atoms with Gasteiger partial charge in [-0.15, -0.1) is 0 Å². The van der Waals surface area contributed by atoms with Gasteiger partial charge in [-0.3, -0.25) is 4.79 Å². The first-order valence-corrected chi connectivity index (χ1v) is 5.40. The van der Waals surface area contributed by atoms with Gasteiger partial charge in [0.2, 0.25) is 0 Å². The molecule has 0 spiro atoms. The summed E-state index contributed by atoms with van der Waals surface area (Å²) in [5, 5.41) is 9.44. The Labute approximate surface area is 101 Å². The number of nitrogens with zero attached hydrogens (tertiary/aromatic N) is 2. The van der Waals surface area contributed by atoms with Crippen LogP contribution in [0.2, 0.25) is 0 Å². The minimum absolute atomic E-state index is 0.0585. The Balaban J connectivity index is 2.71. The van der Waals surface area contributed by atoms with E-state index in [1.807, 2.05) is 19.0 Å². The molecule has 0 aliphatic rings. The van der Waals surface area contributed by atoms with Crippen LogP contribution in [0.5, 0.6) is 5.75 Å². The number of amides is 1. The van der Waals surface area contributed by atoms with E-state index < -0.39 is 0 Å². The molecule has 0 heterocycles. The SMILES string of the molecule is CN(C)CCN(C)C(=O)c1ccc(N)c(O)c1. The van der Waals surface area contributed by atoms with Crippen LogP contribution in [0.15, 0.2) is 18.2 Å². The van der Waals surface area contributed by atoms with E-state index >= 15 is 0 Å². The number of likely N-dealkylation sites (N-methyl/N-ethyl adjacent to an activating group) is 2. The van der Waals surface area contributed by atoms with E-state index in [4.69, 9.17) is 5.73 Å². The monoisotopic (exact) mass is 237 g/mol. The highest BCUT2D eigenvalue weighted by atomic mass is 16.3. The van der Waals surface area contributed by atoms with Crippen LogP contribution < -0.4 is 5.73 Å². The van der Waals surface area contributed by atoms with Crippen LogP contribution in [0.1, 0.15) is 10.4 Å². The summed E-state index contributed by atoms with van der Waals surface area (Å²) in [6.07, 6.45) is 0. The van der Waals surface area contributed by atoms with Crippen LogP contribution in [-0.2, 0) is 0 Å². The van der Waals surface area contributed by atoms with Crippen molar-refractivity contribution in [3.63, 3.8) is 0 Å². The number of anilines is 1. The van der Waals surface area contributed by atoms with Gasteiger partial charge >= 0.3 is 0 Å². The molecule has 1 amide bonds. The average molecular weight is 237 g/mol. The highest BCUT2D eigenvalue weighted by molar-refractivity contribution is 5.95. The Kier molecular flexibility index (Phi) is 4.34. The molecule has 0 fully saturated rings. The molecule has 0 bridgehead atoms. The second kappa shape index (κ2) is 5.54. The molecule has 0 atom stereocenters. The highest BCUT2D eigenvalue weighted by Crippen LogP contribution is 2.21. The van der Waals surface area contributed by atoms with Crippen LogP contribution in [0, 0.1) is 0 Å². The summed E-state index contributed by atoms with van der Waals surface area (Å²) in [6.45, 7) is 1.43. The lowest BCUT2D eigenvalue weighted by Gasteiger charge is -2.19. The molecule has 0 unspecified atom stereocenters. The van der Waals surface area contributed by atoms with Crippen LogP contribution in [0.3, 0.4) is 0 Å². The fraction of sp³-hybridized carbons (Fsp3) is 0.417. The lowest BCUT2D eigenvalue weighted by molar-refractivity contribution is 0.0786. The fourth-order valence-electron chi connectivity index (χ4n) is 1.35. The number of carbonyl (C=O) groups excluding carboxylic acids is 1. The molecule has 17 heavy (non-hydrogen) atoms. The first kappa shape index (κ1) is 13.3. The van der Waals surface area contributed by atoms with E-state index in [9.17, 15) is 9.90 Å². The fourth-order valence-corrected chi connectivity index (χ4v) is 1.35. The third-order valence-corrected chi connectivity index (χ3v) is 2.51. The number of nitrogens with two attached hydrogens (primary N) is 1. The van der Waals surface area contributed by atoms with Crippen molar-refractivity contribution in [2.24, 2.45) is 0 Å². The summed E-state index contributed by atoms with van der Waals surface area (Å²) in [5.41, 5.74) is 6.20. The third-order valence-electron chi connectivity index (χ3n) is 2.51. The summed E-state index contributed by atoms with van der Waals surface area (Å²) >= 11 is 0. The second-order valence-electron chi connectivity index (χ2n) is 4.30. The highest BCUT2D eigenvalue weighted by Gasteiger charge is 2.12. The molecule has 1 aromatic rings. The van der Waals surface area contributed by atoms with Gasteiger partial charge in [-0.05, 0) is 32.3 Å². The maximum atomic E-state index is 12.0. The predicted molar refractivity (Wildman–Crippen MR) is 68.0 cm³/mol. The molecule has 94 valence electrons. The van der Waals surface area contributed by atoms with Gasteiger partial charge in [0.15, 0.2) is 0 Å². The van der Waals surface area contributed by atoms with Gasteiger partial charge < -0.3 is 20.6 Å². The molecule has 5 heteroatoms. The number of phenolic OH excluding ortho intramolecular Hbond substituents is 1. The minimum atomic E-state index is -0.123. The maximum absolute atomic E-state index is 12.0. The molecule has 0 aromatic heterocycles. The van der Waals surface area contributed by atoms with E-state index in [0.29, 0.717) is 12.1 Å². The summed E-state index contributed by atoms with van der Waals surface area (Å²) in [4.78, 5) is 15.6. The molecule has 0 saturated carbocycles. The zero-order valence-corrected chi connectivity index (χ0v) is 10.5. The van der Waals surface area contributed by atoms with Crippen LogP contribution >= 0.6 is 0 Å². The number of benzene rings is 1. The summed E-state index contributed by atoms with van der Waals surface area (Å²) in [5.74, 6) is -0.181. The largest absolute Gasteiger partial charge is 0.506 e. The van der Waals surface area contributed by atoms with Crippen molar-refractivity contribution in [2.75, 3.05) is 40.0 Å². The topological polar surface area (TPSA) is 69.8 Å². The molecule has 0 radical (unpaired) electrons. The van der Waals surface area contributed by atoms with Crippen LogP contribution in [0.25, 0.3) is 0 Å². The van der Waals surface area contributed by atoms with Gasteiger partial charge in [0.25, 0.3) is 5.91 Å². The molecule has 0 aliphatic heterocycles. The van der Waals surface area contributed by atoms with Crippen LogP contribution in [-0.4, -0.2) is 55.0 Å². The van der Waals surface area contributed by atoms with Crippen molar-refractivity contribution < 1.29 is 9.90 Å². The van der Waals surface area contributed by atoms with Crippen LogP contribution in [0.4, 0.5) is 5.69 Å². The van der Waals surface area contributed by atoms with Crippen molar-refractivity contribution in [3.05, 3.63) is 23.8 Å². The van der Waals surface area contributed by atoms with Gasteiger partial charge in [0, 0.05) is 25.7 Å². The third kappa shape index (κ3) is 3.64. The zero-order chi connectivity index (χ0) is 13.0. The van der Waals surface area contributed by atoms with Crippen molar-refractivity contribution in [1.82, 2.24) is 9.80 Å². The number of hydrogen-bond acceptors (Lipinski definition) is 4. The summed E-state index contributed by atoms with van der Waals surface area (Å²) in [6, 6.07) is 4.54. The van der Waals surface area contributed by atoms with Crippen molar-refractivity contribution in [1.29, 1.82) is 0 Å². The lowest BCUT2D eigenvalue weighted by atomic mass is 10.1. The first-order valence-electron chi connectivity index (χ1n) is 5.40. The molecular formula is C12H19N3O2. The minimum Gasteiger partial charge on any atom is -0.506 e. The summed E-state index contributed by atoms with van der Waals surface area (Å²) < 4.78 is 0. The Morgan fingerprint density at radius 3 is 2.47 bits per heavy atom. The molecule has 0 aliphatic carbocycles. The molecule has 1 rings (SSSR count). The van der Waals surface area contributed by atoms with Gasteiger partial charge in [0.05, 0.1) is 5.69 Å². The van der Waals surface area contributed by atoms with Crippen molar-refractivity contribution in [2.45, 2.75) is 0 Å². The van der Waals surface area contributed by atoms with E-state index in [1.54, 1.807) is 18.0 Å². The number of rotatable bonds is 4. The Hall–Kier alpha value is -1.75. The normalized spacial score (nSPS) is 10.6. The summed E-state index contributed by atoms with van der Waals surface area (Å²) in [7, 11) is 5.64. The number of carbonyl (C=O) groups is 1. The quantitative estimate of drug-likeness (QED) is 0.594. The molecule has 0 saturated heterocycles. The Bertz CT molecular complexity index is 405. The van der Waals surface area contributed by atoms with E-state index in [-0.39, 0.29) is 17.3 Å². The predicted octanol–water partition coefficient (Wildman–Crippen LogP) is 0.608. The van der Waals surface area contributed by atoms with Crippen molar-refractivity contribution >= 4 is 11.6 Å². The number of aromatic hydroxyl groups is 1. The Morgan fingerprint density at radius 2 is 1.94 bits per heavy atom. The second-order valence-corrected chi connectivity index (χ2v) is 4.30. The molecule has 3 N–H and O–H groups in total. The molecule has 1 aromatic carbocycles. The smallest absolute Gasteiger partial charge is 0.253 e. The Morgan fingerprint density at radius 1 is 1.29 bits per heavy atom. The number of nitrogen functional groups attached to an aromatic ring is 1. The molecular weight excluding hydrogens is 218 g/mol. The van der Waals surface area contributed by atoms with Crippen molar-refractivity contribution in [3.8, 4) is 5.75 Å². The molecule has 5 nitrogen and oxygen atoms in total. The van der Waals surface area contributed by atoms with Gasteiger partial charge in [-0.1, -0.05) is 0 Å². The first-order chi connectivity index (χ1) is 7.91. The van der Waals surface area contributed by atoms with E-state index in [2.05, 4.69) is 0 Å². The van der Waals surface area contributed by atoms with Gasteiger partial charge in [-0.25, -0.2) is 0 Å². The average Bonchev–Trinajstić information content (AvgIpc) is 2.28. The van der Waals surface area contributed by atoms with E-state index in [1.165, 1.54) is 12.1 Å². The zero-order valence-electron chi connectivity index (χ0n) is 10.5. The number of hydrogen-bond donors (Lipinski definition) is 2. The van der Waals surface area contributed by atoms with Gasteiger partial charge in [-0.2, -0.15) is 0 Å². The van der Waals surface area contributed by atoms with Gasteiger partial charge in [0.1, 0.15) is 5.75 Å². The lowest BCUT2D eigenvalue weighted by Crippen LogP contribution is -2.33. The van der Waals surface area contributed by atoms with E-state index in [0.717, 1.165) is 6.54 Å². The maximum Gasteiger partial charge on any atom is 0.253 e.